The maximum absolute atomic E-state index is 12.0. The molecule has 0 saturated heterocycles. The number of hydrogen-bond donors (Lipinski definition) is 1. The predicted octanol–water partition coefficient (Wildman–Crippen LogP) is 1.87. The van der Waals surface area contributed by atoms with E-state index in [0.717, 1.165) is 0 Å². The zero-order valence-electron chi connectivity index (χ0n) is 8.02. The van der Waals surface area contributed by atoms with Gasteiger partial charge in [0, 0.05) is 18.4 Å². The third kappa shape index (κ3) is 7.58. The largest absolute Gasteiger partial charge is 0.401 e. The highest BCUT2D eigenvalue weighted by molar-refractivity contribution is 9.09. The van der Waals surface area contributed by atoms with Crippen molar-refractivity contribution in [1.29, 1.82) is 0 Å². The van der Waals surface area contributed by atoms with Crippen molar-refractivity contribution in [3.05, 3.63) is 0 Å². The first kappa shape index (κ1) is 14.2. The summed E-state index contributed by atoms with van der Waals surface area (Å²) in [6.45, 7) is 1.06. The van der Waals surface area contributed by atoms with Gasteiger partial charge in [-0.1, -0.05) is 22.9 Å². The topological polar surface area (TPSA) is 23.5 Å². The first-order valence-electron chi connectivity index (χ1n) is 4.35. The molecule has 0 aliphatic heterocycles. The van der Waals surface area contributed by atoms with Gasteiger partial charge in [0.05, 0.1) is 13.2 Å². The second kappa shape index (κ2) is 6.63. The molecule has 0 saturated carbocycles. The SMILES string of the molecule is CC(CBr)CN(CCO)CC(F)(F)F. The van der Waals surface area contributed by atoms with Crippen LogP contribution < -0.4 is 0 Å². The Hall–Kier alpha value is 0.190. The second-order valence-corrected chi connectivity index (χ2v) is 3.98. The van der Waals surface area contributed by atoms with Gasteiger partial charge in [0.15, 0.2) is 0 Å². The van der Waals surface area contributed by atoms with Crippen LogP contribution in [0.2, 0.25) is 0 Å². The Bertz CT molecular complexity index is 154. The van der Waals surface area contributed by atoms with E-state index in [1.807, 2.05) is 6.92 Å². The number of aliphatic hydroxyl groups is 1. The maximum atomic E-state index is 12.0. The van der Waals surface area contributed by atoms with Gasteiger partial charge in [-0.2, -0.15) is 13.2 Å². The first-order valence-corrected chi connectivity index (χ1v) is 5.47. The van der Waals surface area contributed by atoms with Gasteiger partial charge >= 0.3 is 6.18 Å². The minimum absolute atomic E-state index is 0.0663. The predicted molar refractivity (Wildman–Crippen MR) is 52.5 cm³/mol. The minimum atomic E-state index is -4.19. The molecule has 0 spiro atoms. The van der Waals surface area contributed by atoms with Gasteiger partial charge < -0.3 is 5.11 Å². The number of aliphatic hydroxyl groups excluding tert-OH is 1. The molecule has 0 aromatic heterocycles. The lowest BCUT2D eigenvalue weighted by atomic mass is 10.2. The number of alkyl halides is 4. The molecule has 0 rings (SSSR count). The van der Waals surface area contributed by atoms with Crippen LogP contribution in [0.3, 0.4) is 0 Å². The van der Waals surface area contributed by atoms with Crippen LogP contribution >= 0.6 is 15.9 Å². The number of nitrogens with zero attached hydrogens (tertiary/aromatic N) is 1. The van der Waals surface area contributed by atoms with Crippen molar-refractivity contribution in [2.45, 2.75) is 13.1 Å². The molecular formula is C8H15BrF3NO. The van der Waals surface area contributed by atoms with Gasteiger partial charge in [-0.25, -0.2) is 0 Å². The Morgan fingerprint density at radius 1 is 1.43 bits per heavy atom. The number of rotatable bonds is 6. The molecule has 6 heteroatoms. The van der Waals surface area contributed by atoms with Gasteiger partial charge in [0.25, 0.3) is 0 Å². The van der Waals surface area contributed by atoms with Crippen LogP contribution in [0.25, 0.3) is 0 Å². The molecule has 0 heterocycles. The average molecular weight is 278 g/mol. The molecule has 86 valence electrons. The smallest absolute Gasteiger partial charge is 0.395 e. The fraction of sp³-hybridized carbons (Fsp3) is 1.00. The lowest BCUT2D eigenvalue weighted by Gasteiger charge is -2.25. The molecule has 14 heavy (non-hydrogen) atoms. The summed E-state index contributed by atoms with van der Waals surface area (Å²) in [6, 6.07) is 0. The molecular weight excluding hydrogens is 263 g/mol. The van der Waals surface area contributed by atoms with Crippen LogP contribution in [0.5, 0.6) is 0 Å². The van der Waals surface area contributed by atoms with Crippen molar-refractivity contribution < 1.29 is 18.3 Å². The molecule has 0 aliphatic rings. The van der Waals surface area contributed by atoms with E-state index in [9.17, 15) is 13.2 Å². The third-order valence-corrected chi connectivity index (χ3v) is 2.76. The number of halogens is 4. The molecule has 0 fully saturated rings. The second-order valence-electron chi connectivity index (χ2n) is 3.33. The van der Waals surface area contributed by atoms with Crippen molar-refractivity contribution in [2.75, 3.05) is 31.6 Å². The highest BCUT2D eigenvalue weighted by Crippen LogP contribution is 2.17. The Labute approximate surface area is 90.2 Å². The molecule has 0 amide bonds. The van der Waals surface area contributed by atoms with Crippen LogP contribution in [-0.2, 0) is 0 Å². The highest BCUT2D eigenvalue weighted by atomic mass is 79.9. The summed E-state index contributed by atoms with van der Waals surface area (Å²) >= 11 is 3.20. The third-order valence-electron chi connectivity index (χ3n) is 1.65. The standard InChI is InChI=1S/C8H15BrF3NO/c1-7(4-9)5-13(2-3-14)6-8(10,11)12/h7,14H,2-6H2,1H3. The van der Waals surface area contributed by atoms with E-state index in [-0.39, 0.29) is 19.1 Å². The Morgan fingerprint density at radius 2 is 2.00 bits per heavy atom. The van der Waals surface area contributed by atoms with E-state index in [1.165, 1.54) is 4.90 Å². The van der Waals surface area contributed by atoms with Gasteiger partial charge in [0.2, 0.25) is 0 Å². The summed E-state index contributed by atoms with van der Waals surface area (Å²) in [4.78, 5) is 1.21. The summed E-state index contributed by atoms with van der Waals surface area (Å²) < 4.78 is 36.1. The van der Waals surface area contributed by atoms with E-state index in [1.54, 1.807) is 0 Å². The van der Waals surface area contributed by atoms with Crippen molar-refractivity contribution in [2.24, 2.45) is 5.92 Å². The van der Waals surface area contributed by atoms with Crippen LogP contribution in [0.15, 0.2) is 0 Å². The van der Waals surface area contributed by atoms with Crippen LogP contribution in [-0.4, -0.2) is 47.8 Å². The normalized spacial score (nSPS) is 14.8. The van der Waals surface area contributed by atoms with E-state index in [0.29, 0.717) is 11.9 Å². The minimum Gasteiger partial charge on any atom is -0.395 e. The summed E-state index contributed by atoms with van der Waals surface area (Å²) in [5.74, 6) is 0.142. The van der Waals surface area contributed by atoms with Crippen molar-refractivity contribution in [3.8, 4) is 0 Å². The lowest BCUT2D eigenvalue weighted by Crippen LogP contribution is -2.39. The van der Waals surface area contributed by atoms with Gasteiger partial charge in [-0.15, -0.1) is 0 Å². The fourth-order valence-electron chi connectivity index (χ4n) is 1.12. The quantitative estimate of drug-likeness (QED) is 0.750. The van der Waals surface area contributed by atoms with Crippen LogP contribution in [0.1, 0.15) is 6.92 Å². The van der Waals surface area contributed by atoms with E-state index >= 15 is 0 Å². The molecule has 0 bridgehead atoms. The zero-order valence-corrected chi connectivity index (χ0v) is 9.61. The summed E-state index contributed by atoms with van der Waals surface area (Å²) in [6.07, 6.45) is -4.19. The van der Waals surface area contributed by atoms with Gasteiger partial charge in [-0.05, 0) is 5.92 Å². The molecule has 0 aliphatic carbocycles. The van der Waals surface area contributed by atoms with Gasteiger partial charge in [-0.3, -0.25) is 4.90 Å². The molecule has 2 nitrogen and oxygen atoms in total. The highest BCUT2D eigenvalue weighted by Gasteiger charge is 2.30. The van der Waals surface area contributed by atoms with E-state index in [2.05, 4.69) is 15.9 Å². The van der Waals surface area contributed by atoms with E-state index < -0.39 is 12.7 Å². The molecule has 0 aromatic carbocycles. The Kier molecular flexibility index (Phi) is 6.72. The van der Waals surface area contributed by atoms with Crippen molar-refractivity contribution >= 4 is 15.9 Å². The van der Waals surface area contributed by atoms with Crippen LogP contribution in [0.4, 0.5) is 13.2 Å². The van der Waals surface area contributed by atoms with Crippen LogP contribution in [0, 0.1) is 5.92 Å². The lowest BCUT2D eigenvalue weighted by molar-refractivity contribution is -0.147. The van der Waals surface area contributed by atoms with Crippen molar-refractivity contribution in [1.82, 2.24) is 4.90 Å². The van der Waals surface area contributed by atoms with Gasteiger partial charge in [0.1, 0.15) is 0 Å². The van der Waals surface area contributed by atoms with E-state index in [4.69, 9.17) is 5.11 Å². The fourth-order valence-corrected chi connectivity index (χ4v) is 1.32. The summed E-state index contributed by atoms with van der Waals surface area (Å²) in [7, 11) is 0. The summed E-state index contributed by atoms with van der Waals surface area (Å²) in [5.41, 5.74) is 0. The molecule has 1 atom stereocenters. The zero-order chi connectivity index (χ0) is 11.2. The molecule has 0 aromatic rings. The van der Waals surface area contributed by atoms with Crippen molar-refractivity contribution in [3.63, 3.8) is 0 Å². The molecule has 1 N–H and O–H groups in total. The molecule has 0 radical (unpaired) electrons. The monoisotopic (exact) mass is 277 g/mol. The number of hydrogen-bond acceptors (Lipinski definition) is 2. The maximum Gasteiger partial charge on any atom is 0.401 e. The Morgan fingerprint density at radius 3 is 2.36 bits per heavy atom. The Balaban J connectivity index is 4.01. The molecule has 1 unspecified atom stereocenters. The summed E-state index contributed by atoms with van der Waals surface area (Å²) in [5, 5.41) is 9.26. The first-order chi connectivity index (χ1) is 6.39. The average Bonchev–Trinajstić information content (AvgIpc) is 2.01.